The van der Waals surface area contributed by atoms with Crippen LogP contribution in [0.3, 0.4) is 0 Å². The first kappa shape index (κ1) is 23.6. The van der Waals surface area contributed by atoms with Gasteiger partial charge in [-0.3, -0.25) is 4.79 Å². The van der Waals surface area contributed by atoms with E-state index < -0.39 is 40.0 Å². The third kappa shape index (κ3) is 2.21. The maximum atomic E-state index is 13.6. The molecular formula is C29H38O7. The fraction of sp³-hybridized carbons (Fsp3) is 0.793. The number of rotatable bonds is 2. The molecular weight excluding hydrogens is 460 g/mol. The zero-order valence-corrected chi connectivity index (χ0v) is 22.1. The summed E-state index contributed by atoms with van der Waals surface area (Å²) >= 11 is 0. The summed E-state index contributed by atoms with van der Waals surface area (Å²) in [6.07, 6.45) is 6.35. The Morgan fingerprint density at radius 2 is 1.89 bits per heavy atom. The van der Waals surface area contributed by atoms with Crippen molar-refractivity contribution in [2.24, 2.45) is 34.5 Å². The summed E-state index contributed by atoms with van der Waals surface area (Å²) in [5.41, 5.74) is -1.35. The molecule has 1 spiro atoms. The number of fused-ring (bicyclic) bond motifs is 3. The summed E-state index contributed by atoms with van der Waals surface area (Å²) in [5, 5.41) is 12.6. The molecule has 7 nitrogen and oxygen atoms in total. The molecule has 0 radical (unpaired) electrons. The first-order valence-corrected chi connectivity index (χ1v) is 13.6. The van der Waals surface area contributed by atoms with E-state index in [0.29, 0.717) is 18.4 Å². The Morgan fingerprint density at radius 1 is 1.14 bits per heavy atom. The lowest BCUT2D eigenvalue weighted by atomic mass is 9.42. The van der Waals surface area contributed by atoms with Crippen molar-refractivity contribution < 1.29 is 33.6 Å². The molecule has 5 fully saturated rings. The topological polar surface area (TPSA) is 94.6 Å². The summed E-state index contributed by atoms with van der Waals surface area (Å²) < 4.78 is 25.7. The minimum Gasteiger partial charge on any atom is -0.452 e. The predicted molar refractivity (Wildman–Crippen MR) is 129 cm³/mol. The smallest absolute Gasteiger partial charge is 0.334 e. The van der Waals surface area contributed by atoms with Crippen molar-refractivity contribution in [2.75, 3.05) is 7.11 Å². The van der Waals surface area contributed by atoms with E-state index in [4.69, 9.17) is 18.9 Å². The maximum Gasteiger partial charge on any atom is 0.334 e. The number of ether oxygens (including phenoxy) is 4. The van der Waals surface area contributed by atoms with E-state index in [2.05, 4.69) is 13.8 Å². The van der Waals surface area contributed by atoms with Crippen LogP contribution in [0.1, 0.15) is 66.7 Å². The summed E-state index contributed by atoms with van der Waals surface area (Å²) in [5.74, 6) is -1.19. The van der Waals surface area contributed by atoms with Gasteiger partial charge in [0.2, 0.25) is 0 Å². The number of hydrogen-bond donors (Lipinski definition) is 1. The maximum absolute atomic E-state index is 13.6. The lowest BCUT2D eigenvalue weighted by Gasteiger charge is -2.69. The Labute approximate surface area is 212 Å². The third-order valence-corrected chi connectivity index (χ3v) is 12.7. The van der Waals surface area contributed by atoms with Gasteiger partial charge >= 0.3 is 5.97 Å². The van der Waals surface area contributed by atoms with Crippen molar-refractivity contribution >= 4 is 11.8 Å². The van der Waals surface area contributed by atoms with Crippen molar-refractivity contribution in [3.8, 4) is 0 Å². The normalized spacial score (nSPS) is 58.7. The lowest BCUT2D eigenvalue weighted by Crippen LogP contribution is -2.77. The number of allylic oxidation sites excluding steroid dienone is 1. The van der Waals surface area contributed by atoms with Gasteiger partial charge in [-0.15, -0.1) is 0 Å². The molecule has 0 aromatic carbocycles. The molecule has 0 aromatic heterocycles. The Morgan fingerprint density at radius 3 is 2.56 bits per heavy atom. The summed E-state index contributed by atoms with van der Waals surface area (Å²) in [4.78, 5) is 26.1. The second-order valence-electron chi connectivity index (χ2n) is 13.1. The Balaban J connectivity index is 1.37. The molecule has 36 heavy (non-hydrogen) atoms. The fourth-order valence-corrected chi connectivity index (χ4v) is 10.3. The molecule has 0 amide bonds. The van der Waals surface area contributed by atoms with Crippen LogP contribution in [-0.2, 0) is 28.5 Å². The molecule has 7 aliphatic rings. The van der Waals surface area contributed by atoms with Gasteiger partial charge in [-0.05, 0) is 75.9 Å². The monoisotopic (exact) mass is 498 g/mol. The molecule has 7 rings (SSSR count). The van der Waals surface area contributed by atoms with E-state index in [-0.39, 0.29) is 41.5 Å². The number of aliphatic hydroxyl groups is 1. The number of hydrogen-bond acceptors (Lipinski definition) is 7. The zero-order valence-electron chi connectivity index (χ0n) is 22.1. The average Bonchev–Trinajstić information content (AvgIpc) is 3.40. The van der Waals surface area contributed by atoms with Crippen molar-refractivity contribution in [3.05, 3.63) is 23.3 Å². The third-order valence-electron chi connectivity index (χ3n) is 12.7. The molecule has 3 heterocycles. The van der Waals surface area contributed by atoms with Gasteiger partial charge in [0.25, 0.3) is 0 Å². The van der Waals surface area contributed by atoms with E-state index in [0.717, 1.165) is 24.8 Å². The molecule has 196 valence electrons. The van der Waals surface area contributed by atoms with Crippen molar-refractivity contribution in [1.29, 1.82) is 0 Å². The zero-order chi connectivity index (χ0) is 25.6. The van der Waals surface area contributed by atoms with Gasteiger partial charge in [0.05, 0.1) is 22.5 Å². The molecule has 12 atom stereocenters. The number of epoxide rings is 1. The van der Waals surface area contributed by atoms with Crippen LogP contribution in [0.15, 0.2) is 23.3 Å². The van der Waals surface area contributed by atoms with Crippen LogP contribution < -0.4 is 0 Å². The summed E-state index contributed by atoms with van der Waals surface area (Å²) in [7, 11) is 1.67. The van der Waals surface area contributed by atoms with Crippen LogP contribution in [0.4, 0.5) is 0 Å². The van der Waals surface area contributed by atoms with Crippen LogP contribution in [0.5, 0.6) is 0 Å². The van der Waals surface area contributed by atoms with Crippen LogP contribution in [0.25, 0.3) is 0 Å². The van der Waals surface area contributed by atoms with Crippen LogP contribution in [0.2, 0.25) is 0 Å². The van der Waals surface area contributed by atoms with E-state index >= 15 is 0 Å². The van der Waals surface area contributed by atoms with E-state index in [9.17, 15) is 14.7 Å². The molecule has 3 aliphatic heterocycles. The van der Waals surface area contributed by atoms with Crippen LogP contribution in [-0.4, -0.2) is 59.3 Å². The lowest BCUT2D eigenvalue weighted by molar-refractivity contribution is -0.420. The molecule has 4 aliphatic carbocycles. The van der Waals surface area contributed by atoms with Crippen molar-refractivity contribution in [2.45, 2.75) is 102 Å². The molecule has 3 saturated carbocycles. The SMILES string of the molecule is COC12CC3C(CC4OC45CC=CC(=O)C35C)C3CCC(O)(C(C)C(C4OC(=O)C(C)=C4C)O1)C32C. The minimum atomic E-state index is -1.11. The van der Waals surface area contributed by atoms with Gasteiger partial charge < -0.3 is 24.1 Å². The quantitative estimate of drug-likeness (QED) is 0.460. The second-order valence-corrected chi connectivity index (χ2v) is 13.1. The van der Waals surface area contributed by atoms with Gasteiger partial charge in [0.15, 0.2) is 17.7 Å². The summed E-state index contributed by atoms with van der Waals surface area (Å²) in [6.45, 7) is 9.97. The molecule has 2 saturated heterocycles. The van der Waals surface area contributed by atoms with Crippen LogP contribution in [0, 0.1) is 34.5 Å². The van der Waals surface area contributed by atoms with Gasteiger partial charge in [-0.1, -0.05) is 19.9 Å². The standard InChI is InChI=1S/C29H38O7/c1-14-15(2)24(31)34-22(14)23-16(3)27(32)11-9-18-17-12-21-28(35-21)10-7-8-20(30)25(28,4)19(17)13-29(33-6,36-23)26(18,27)5/h7-8,16-19,21-23,32H,9-13H2,1-6H3. The first-order valence-electron chi connectivity index (χ1n) is 13.6. The molecule has 0 aromatic rings. The van der Waals surface area contributed by atoms with Gasteiger partial charge in [0.1, 0.15) is 11.7 Å². The highest BCUT2D eigenvalue weighted by Crippen LogP contribution is 2.77. The highest BCUT2D eigenvalue weighted by molar-refractivity contribution is 5.97. The highest BCUT2D eigenvalue weighted by Gasteiger charge is 2.84. The number of ketones is 1. The minimum absolute atomic E-state index is 0.00707. The molecule has 7 heteroatoms. The molecule has 12 unspecified atom stereocenters. The predicted octanol–water partition coefficient (Wildman–Crippen LogP) is 3.49. The largest absolute Gasteiger partial charge is 0.452 e. The van der Waals surface area contributed by atoms with Gasteiger partial charge in [0, 0.05) is 25.0 Å². The first-order chi connectivity index (χ1) is 16.9. The van der Waals surface area contributed by atoms with Gasteiger partial charge in [-0.25, -0.2) is 4.79 Å². The number of cyclic esters (lactones) is 1. The van der Waals surface area contributed by atoms with E-state index in [1.807, 2.05) is 19.9 Å². The van der Waals surface area contributed by atoms with Gasteiger partial charge in [-0.2, -0.15) is 0 Å². The number of carbonyl (C=O) groups is 2. The Kier molecular flexibility index (Phi) is 4.40. The fourth-order valence-electron chi connectivity index (χ4n) is 10.3. The Hall–Kier alpha value is -1.54. The Bertz CT molecular complexity index is 1140. The molecule has 1 N–H and O–H groups in total. The number of carbonyl (C=O) groups excluding carboxylic acids is 2. The average molecular weight is 499 g/mol. The van der Waals surface area contributed by atoms with Crippen LogP contribution >= 0.6 is 0 Å². The van der Waals surface area contributed by atoms with Crippen molar-refractivity contribution in [1.82, 2.24) is 0 Å². The highest BCUT2D eigenvalue weighted by atomic mass is 16.7. The number of methoxy groups -OCH3 is 1. The second kappa shape index (κ2) is 6.71. The molecule has 0 bridgehead atoms. The van der Waals surface area contributed by atoms with E-state index in [1.54, 1.807) is 20.1 Å². The summed E-state index contributed by atoms with van der Waals surface area (Å²) in [6, 6.07) is 0. The van der Waals surface area contributed by atoms with Crippen molar-refractivity contribution in [3.63, 3.8) is 0 Å². The van der Waals surface area contributed by atoms with E-state index in [1.165, 1.54) is 0 Å². The number of esters is 1.